The zero-order chi connectivity index (χ0) is 13.5. The van der Waals surface area contributed by atoms with Gasteiger partial charge in [0.1, 0.15) is 11.9 Å². The quantitative estimate of drug-likeness (QED) is 0.467. The van der Waals surface area contributed by atoms with E-state index in [1.807, 2.05) is 19.9 Å². The van der Waals surface area contributed by atoms with Crippen molar-refractivity contribution in [1.82, 2.24) is 0 Å². The summed E-state index contributed by atoms with van der Waals surface area (Å²) in [5.41, 5.74) is 0.643. The molecule has 4 heteroatoms. The van der Waals surface area contributed by atoms with Crippen molar-refractivity contribution in [3.05, 3.63) is 41.7 Å². The molecule has 0 aromatic heterocycles. The van der Waals surface area contributed by atoms with Crippen LogP contribution in [0.2, 0.25) is 0 Å². The molecule has 3 nitrogen and oxygen atoms in total. The topological polar surface area (TPSA) is 50.1 Å². The molecule has 1 aromatic rings. The van der Waals surface area contributed by atoms with Crippen LogP contribution in [0.4, 0.5) is 4.39 Å². The Morgan fingerprint density at radius 3 is 2.56 bits per heavy atom. The Hall–Kier alpha value is -2.15. The first-order chi connectivity index (χ1) is 8.52. The van der Waals surface area contributed by atoms with Crippen LogP contribution in [0.5, 0.6) is 0 Å². The van der Waals surface area contributed by atoms with E-state index in [2.05, 4.69) is 0 Å². The Labute approximate surface area is 105 Å². The van der Waals surface area contributed by atoms with E-state index in [9.17, 15) is 9.18 Å². The van der Waals surface area contributed by atoms with E-state index in [1.54, 1.807) is 0 Å². The molecule has 0 unspecified atom stereocenters. The fraction of sp³-hybridized carbons (Fsp3) is 0.286. The normalized spacial score (nSPS) is 11.2. The van der Waals surface area contributed by atoms with Gasteiger partial charge in [-0.3, -0.25) is 0 Å². The largest absolute Gasteiger partial charge is 0.462 e. The summed E-state index contributed by atoms with van der Waals surface area (Å²) in [4.78, 5) is 11.4. The molecule has 0 aliphatic carbocycles. The molecule has 0 N–H and O–H groups in total. The molecule has 0 aliphatic rings. The van der Waals surface area contributed by atoms with Crippen molar-refractivity contribution in [1.29, 1.82) is 5.26 Å². The number of nitrogens with zero attached hydrogens (tertiary/aromatic N) is 1. The highest BCUT2D eigenvalue weighted by Gasteiger charge is 2.06. The minimum Gasteiger partial charge on any atom is -0.462 e. The first-order valence-corrected chi connectivity index (χ1v) is 5.57. The predicted molar refractivity (Wildman–Crippen MR) is 65.8 cm³/mol. The van der Waals surface area contributed by atoms with Gasteiger partial charge in [0.05, 0.1) is 12.2 Å². The van der Waals surface area contributed by atoms with Gasteiger partial charge in [0.15, 0.2) is 0 Å². The third-order valence-electron chi connectivity index (χ3n) is 2.10. The van der Waals surface area contributed by atoms with Crippen LogP contribution in [-0.4, -0.2) is 12.6 Å². The molecule has 94 valence electrons. The summed E-state index contributed by atoms with van der Waals surface area (Å²) >= 11 is 0. The van der Waals surface area contributed by atoms with Crippen molar-refractivity contribution in [3.63, 3.8) is 0 Å². The fourth-order valence-electron chi connectivity index (χ4n) is 1.22. The molecule has 0 aliphatic heterocycles. The van der Waals surface area contributed by atoms with E-state index in [4.69, 9.17) is 10.00 Å². The smallest absolute Gasteiger partial charge is 0.332 e. The van der Waals surface area contributed by atoms with E-state index in [1.165, 1.54) is 24.3 Å². The molecule has 18 heavy (non-hydrogen) atoms. The number of esters is 1. The molecule has 0 radical (unpaired) electrons. The number of allylic oxidation sites excluding steroid dienone is 1. The maximum atomic E-state index is 12.7. The van der Waals surface area contributed by atoms with Crippen molar-refractivity contribution in [2.24, 2.45) is 5.92 Å². The van der Waals surface area contributed by atoms with Crippen LogP contribution in [0, 0.1) is 23.1 Å². The highest BCUT2D eigenvalue weighted by atomic mass is 19.1. The summed E-state index contributed by atoms with van der Waals surface area (Å²) in [5, 5.41) is 8.96. The summed E-state index contributed by atoms with van der Waals surface area (Å²) in [6.07, 6.45) is 1.12. The Kier molecular flexibility index (Phi) is 5.06. The van der Waals surface area contributed by atoms with Crippen molar-refractivity contribution in [2.45, 2.75) is 13.8 Å². The lowest BCUT2D eigenvalue weighted by atomic mass is 10.1. The number of ether oxygens (including phenoxy) is 1. The number of halogens is 1. The van der Waals surface area contributed by atoms with Crippen molar-refractivity contribution in [3.8, 4) is 6.07 Å². The SMILES string of the molecule is CC(C)COC(=O)C=C(C#N)c1ccc(F)cc1. The molecule has 0 amide bonds. The average Bonchev–Trinajstić information content (AvgIpc) is 2.34. The lowest BCUT2D eigenvalue weighted by molar-refractivity contribution is -0.138. The van der Waals surface area contributed by atoms with Crippen molar-refractivity contribution >= 4 is 11.5 Å². The molecule has 0 spiro atoms. The zero-order valence-electron chi connectivity index (χ0n) is 10.3. The number of nitriles is 1. The van der Waals surface area contributed by atoms with Crippen molar-refractivity contribution < 1.29 is 13.9 Å². The second-order valence-electron chi connectivity index (χ2n) is 4.20. The number of hydrogen-bond donors (Lipinski definition) is 0. The van der Waals surface area contributed by atoms with Gasteiger partial charge in [-0.05, 0) is 23.6 Å². The molecule has 0 fully saturated rings. The predicted octanol–water partition coefficient (Wildman–Crippen LogP) is 2.93. The monoisotopic (exact) mass is 247 g/mol. The summed E-state index contributed by atoms with van der Waals surface area (Å²) < 4.78 is 17.7. The van der Waals surface area contributed by atoms with Crippen LogP contribution in [-0.2, 0) is 9.53 Å². The Balaban J connectivity index is 2.80. The number of rotatable bonds is 4. The summed E-state index contributed by atoms with van der Waals surface area (Å²) in [6.45, 7) is 4.14. The maximum Gasteiger partial charge on any atom is 0.332 e. The van der Waals surface area contributed by atoms with Crippen LogP contribution in [0.1, 0.15) is 19.4 Å². The van der Waals surface area contributed by atoms with Crippen LogP contribution < -0.4 is 0 Å². The van der Waals surface area contributed by atoms with Crippen LogP contribution >= 0.6 is 0 Å². The molecular formula is C14H14FNO2. The minimum absolute atomic E-state index is 0.156. The fourth-order valence-corrected chi connectivity index (χ4v) is 1.22. The van der Waals surface area contributed by atoms with Crippen LogP contribution in [0.15, 0.2) is 30.3 Å². The lowest BCUT2D eigenvalue weighted by Gasteiger charge is -2.05. The maximum absolute atomic E-state index is 12.7. The van der Waals surface area contributed by atoms with Gasteiger partial charge in [0, 0.05) is 6.08 Å². The zero-order valence-corrected chi connectivity index (χ0v) is 10.3. The lowest BCUT2D eigenvalue weighted by Crippen LogP contribution is -2.07. The highest BCUT2D eigenvalue weighted by molar-refractivity contribution is 5.95. The Bertz CT molecular complexity index is 484. The van der Waals surface area contributed by atoms with Crippen molar-refractivity contribution in [2.75, 3.05) is 6.61 Å². The summed E-state index contributed by atoms with van der Waals surface area (Å²) in [7, 11) is 0. The van der Waals surface area contributed by atoms with E-state index in [0.717, 1.165) is 6.08 Å². The number of carbonyl (C=O) groups excluding carboxylic acids is 1. The third-order valence-corrected chi connectivity index (χ3v) is 2.10. The number of benzene rings is 1. The molecule has 1 rings (SSSR count). The van der Waals surface area contributed by atoms with Gasteiger partial charge in [-0.2, -0.15) is 5.26 Å². The van der Waals surface area contributed by atoms with E-state index in [-0.39, 0.29) is 11.5 Å². The molecule has 0 atom stereocenters. The Morgan fingerprint density at radius 2 is 2.06 bits per heavy atom. The van der Waals surface area contributed by atoms with Gasteiger partial charge in [0.25, 0.3) is 0 Å². The summed E-state index contributed by atoms with van der Waals surface area (Å²) in [6, 6.07) is 7.26. The number of carbonyl (C=O) groups is 1. The van der Waals surface area contributed by atoms with Gasteiger partial charge >= 0.3 is 5.97 Å². The molecule has 0 saturated heterocycles. The van der Waals surface area contributed by atoms with E-state index < -0.39 is 11.8 Å². The van der Waals surface area contributed by atoms with Gasteiger partial charge in [-0.25, -0.2) is 9.18 Å². The van der Waals surface area contributed by atoms with Gasteiger partial charge in [-0.15, -0.1) is 0 Å². The van der Waals surface area contributed by atoms with E-state index >= 15 is 0 Å². The van der Waals surface area contributed by atoms with Gasteiger partial charge in [-0.1, -0.05) is 26.0 Å². The molecule has 0 heterocycles. The second kappa shape index (κ2) is 6.55. The standard InChI is InChI=1S/C14H14FNO2/c1-10(2)9-18-14(17)7-12(8-16)11-3-5-13(15)6-4-11/h3-7,10H,9H2,1-2H3. The van der Waals surface area contributed by atoms with Gasteiger partial charge in [0.2, 0.25) is 0 Å². The molecule has 1 aromatic carbocycles. The van der Waals surface area contributed by atoms with E-state index in [0.29, 0.717) is 12.2 Å². The third kappa shape index (κ3) is 4.38. The first kappa shape index (κ1) is 13.9. The van der Waals surface area contributed by atoms with Crippen LogP contribution in [0.3, 0.4) is 0 Å². The van der Waals surface area contributed by atoms with Crippen LogP contribution in [0.25, 0.3) is 5.57 Å². The average molecular weight is 247 g/mol. The van der Waals surface area contributed by atoms with Gasteiger partial charge < -0.3 is 4.74 Å². The second-order valence-corrected chi connectivity index (χ2v) is 4.20. The Morgan fingerprint density at radius 1 is 1.44 bits per heavy atom. The summed E-state index contributed by atoms with van der Waals surface area (Å²) in [5.74, 6) is -0.721. The molecule has 0 bridgehead atoms. The molecular weight excluding hydrogens is 233 g/mol. The number of hydrogen-bond acceptors (Lipinski definition) is 3. The first-order valence-electron chi connectivity index (χ1n) is 5.57. The minimum atomic E-state index is -0.565. The molecule has 0 saturated carbocycles. The highest BCUT2D eigenvalue weighted by Crippen LogP contribution is 2.14.